The first-order valence-corrected chi connectivity index (χ1v) is 8.79. The van der Waals surface area contributed by atoms with Gasteiger partial charge in [-0.15, -0.1) is 0 Å². The molecule has 0 spiro atoms. The van der Waals surface area contributed by atoms with Crippen LogP contribution in [-0.4, -0.2) is 30.6 Å². The fourth-order valence-corrected chi connectivity index (χ4v) is 3.93. The molecular formula is C16H22N2O3S. The lowest BCUT2D eigenvalue weighted by molar-refractivity contribution is 0.0540. The minimum Gasteiger partial charge on any atom is -0.487 e. The highest BCUT2D eigenvalue weighted by molar-refractivity contribution is 7.89. The van der Waals surface area contributed by atoms with E-state index in [1.807, 2.05) is 13.8 Å². The van der Waals surface area contributed by atoms with E-state index in [4.69, 9.17) is 10.00 Å². The summed E-state index contributed by atoms with van der Waals surface area (Å²) in [4.78, 5) is 0. The van der Waals surface area contributed by atoms with E-state index in [-0.39, 0.29) is 6.04 Å². The zero-order valence-corrected chi connectivity index (χ0v) is 14.4. The van der Waals surface area contributed by atoms with Gasteiger partial charge < -0.3 is 4.74 Å². The molecule has 0 aliphatic carbocycles. The summed E-state index contributed by atoms with van der Waals surface area (Å²) in [5.41, 5.74) is 0.791. The van der Waals surface area contributed by atoms with Gasteiger partial charge in [0, 0.05) is 19.0 Å². The topological polar surface area (TPSA) is 70.4 Å². The van der Waals surface area contributed by atoms with Crippen molar-refractivity contribution in [3.63, 3.8) is 0 Å². The Hall–Kier alpha value is -1.58. The molecule has 22 heavy (non-hydrogen) atoms. The lowest BCUT2D eigenvalue weighted by atomic mass is 9.89. The van der Waals surface area contributed by atoms with Gasteiger partial charge in [-0.1, -0.05) is 0 Å². The number of benzene rings is 1. The van der Waals surface area contributed by atoms with Crippen LogP contribution in [-0.2, 0) is 10.0 Å². The second-order valence-electron chi connectivity index (χ2n) is 6.56. The zero-order chi connectivity index (χ0) is 16.7. The molecule has 2 rings (SSSR count). The maximum absolute atomic E-state index is 12.5. The Labute approximate surface area is 132 Å². The van der Waals surface area contributed by atoms with Gasteiger partial charge >= 0.3 is 0 Å². The van der Waals surface area contributed by atoms with Gasteiger partial charge in [-0.05, 0) is 45.9 Å². The van der Waals surface area contributed by atoms with E-state index in [0.717, 1.165) is 5.56 Å². The van der Waals surface area contributed by atoms with Crippen LogP contribution in [0.2, 0.25) is 0 Å². The van der Waals surface area contributed by atoms with Crippen LogP contribution >= 0.6 is 0 Å². The summed E-state index contributed by atoms with van der Waals surface area (Å²) in [6.45, 7) is 7.22. The molecule has 0 fully saturated rings. The largest absolute Gasteiger partial charge is 0.487 e. The van der Waals surface area contributed by atoms with Crippen LogP contribution < -0.4 is 4.74 Å². The smallest absolute Gasteiger partial charge is 0.216 e. The van der Waals surface area contributed by atoms with Crippen molar-refractivity contribution >= 4 is 10.0 Å². The van der Waals surface area contributed by atoms with Crippen LogP contribution in [0.1, 0.15) is 51.3 Å². The van der Waals surface area contributed by atoms with Crippen molar-refractivity contribution in [1.29, 1.82) is 5.26 Å². The lowest BCUT2D eigenvalue weighted by Crippen LogP contribution is -2.44. The van der Waals surface area contributed by atoms with Crippen molar-refractivity contribution < 1.29 is 13.2 Å². The average Bonchev–Trinajstić information content (AvgIpc) is 2.44. The van der Waals surface area contributed by atoms with Crippen molar-refractivity contribution in [2.75, 3.05) is 7.05 Å². The van der Waals surface area contributed by atoms with Gasteiger partial charge in [0.2, 0.25) is 10.0 Å². The van der Waals surface area contributed by atoms with E-state index >= 15 is 0 Å². The van der Waals surface area contributed by atoms with Gasteiger partial charge in [0.05, 0.1) is 22.9 Å². The van der Waals surface area contributed by atoms with Gasteiger partial charge in [0.15, 0.2) is 0 Å². The maximum atomic E-state index is 12.5. The molecule has 1 unspecified atom stereocenters. The summed E-state index contributed by atoms with van der Waals surface area (Å²) in [5, 5.41) is 8.60. The molecule has 120 valence electrons. The maximum Gasteiger partial charge on any atom is 0.216 e. The Balaban J connectivity index is 2.55. The number of fused-ring (bicyclic) bond motifs is 1. The predicted molar refractivity (Wildman–Crippen MR) is 85.0 cm³/mol. The molecular weight excluding hydrogens is 300 g/mol. The third kappa shape index (κ3) is 2.96. The SMILES string of the molecule is CC(C)S(=O)(=O)N(C)C1CC(C)(C)Oc2ccc(C#N)cc21. The van der Waals surface area contributed by atoms with E-state index in [2.05, 4.69) is 6.07 Å². The number of hydrogen-bond acceptors (Lipinski definition) is 4. The number of nitrogens with zero attached hydrogens (tertiary/aromatic N) is 2. The Morgan fingerprint density at radius 1 is 1.41 bits per heavy atom. The highest BCUT2D eigenvalue weighted by Gasteiger charge is 2.40. The average molecular weight is 322 g/mol. The van der Waals surface area contributed by atoms with Crippen LogP contribution in [0.15, 0.2) is 18.2 Å². The van der Waals surface area contributed by atoms with E-state index in [1.165, 1.54) is 4.31 Å². The number of rotatable bonds is 3. The molecule has 0 amide bonds. The third-order valence-corrected chi connectivity index (χ3v) is 6.25. The second kappa shape index (κ2) is 5.56. The van der Waals surface area contributed by atoms with Crippen molar-refractivity contribution in [2.45, 2.75) is 51.0 Å². The first-order valence-electron chi connectivity index (χ1n) is 7.28. The monoisotopic (exact) mass is 322 g/mol. The Bertz CT molecular complexity index is 717. The zero-order valence-electron chi connectivity index (χ0n) is 13.6. The Morgan fingerprint density at radius 2 is 2.05 bits per heavy atom. The van der Waals surface area contributed by atoms with Crippen LogP contribution in [0.3, 0.4) is 0 Å². The van der Waals surface area contributed by atoms with Gasteiger partial charge in [-0.25, -0.2) is 8.42 Å². The molecule has 1 heterocycles. The van der Waals surface area contributed by atoms with Crippen LogP contribution in [0.5, 0.6) is 5.75 Å². The lowest BCUT2D eigenvalue weighted by Gasteiger charge is -2.41. The fourth-order valence-electron chi connectivity index (χ4n) is 2.72. The highest BCUT2D eigenvalue weighted by atomic mass is 32.2. The van der Waals surface area contributed by atoms with Crippen LogP contribution in [0.4, 0.5) is 0 Å². The molecule has 0 aromatic heterocycles. The third-order valence-electron chi connectivity index (χ3n) is 4.01. The van der Waals surface area contributed by atoms with Gasteiger partial charge in [0.25, 0.3) is 0 Å². The van der Waals surface area contributed by atoms with Crippen molar-refractivity contribution in [1.82, 2.24) is 4.31 Å². The first kappa shape index (κ1) is 16.8. The predicted octanol–water partition coefficient (Wildman–Crippen LogP) is 2.83. The second-order valence-corrected chi connectivity index (χ2v) is 9.10. The molecule has 1 aromatic rings. The molecule has 0 saturated heterocycles. The fraction of sp³-hybridized carbons (Fsp3) is 0.562. The van der Waals surface area contributed by atoms with Crippen molar-refractivity contribution in [3.05, 3.63) is 29.3 Å². The minimum absolute atomic E-state index is 0.334. The molecule has 1 aromatic carbocycles. The molecule has 1 aliphatic rings. The molecule has 0 bridgehead atoms. The quantitative estimate of drug-likeness (QED) is 0.858. The summed E-state index contributed by atoms with van der Waals surface area (Å²) >= 11 is 0. The molecule has 5 nitrogen and oxygen atoms in total. The standard InChI is InChI=1S/C16H22N2O3S/c1-11(2)22(19,20)18(5)14-9-16(3,4)21-15-7-6-12(10-17)8-13(14)15/h6-8,11,14H,9H2,1-5H3. The van der Waals surface area contributed by atoms with Crippen LogP contribution in [0, 0.1) is 11.3 Å². The normalized spacial score (nSPS) is 20.4. The van der Waals surface area contributed by atoms with Crippen LogP contribution in [0.25, 0.3) is 0 Å². The summed E-state index contributed by atoms with van der Waals surface area (Å²) in [5.74, 6) is 0.644. The molecule has 1 aliphatic heterocycles. The van der Waals surface area contributed by atoms with Crippen molar-refractivity contribution in [3.8, 4) is 11.8 Å². The number of nitriles is 1. The molecule has 0 N–H and O–H groups in total. The first-order chi connectivity index (χ1) is 10.1. The molecule has 6 heteroatoms. The summed E-state index contributed by atoms with van der Waals surface area (Å²) in [6, 6.07) is 6.92. The van der Waals surface area contributed by atoms with Crippen molar-refractivity contribution in [2.24, 2.45) is 0 Å². The van der Waals surface area contributed by atoms with Gasteiger partial charge in [0.1, 0.15) is 11.4 Å². The summed E-state index contributed by atoms with van der Waals surface area (Å²) in [6.07, 6.45) is 0.539. The van der Waals surface area contributed by atoms with Gasteiger partial charge in [-0.3, -0.25) is 0 Å². The minimum atomic E-state index is -3.39. The Kier molecular flexibility index (Phi) is 4.24. The highest BCUT2D eigenvalue weighted by Crippen LogP contribution is 2.43. The number of ether oxygens (including phenoxy) is 1. The Morgan fingerprint density at radius 3 is 2.59 bits per heavy atom. The molecule has 0 saturated carbocycles. The van der Waals surface area contributed by atoms with E-state index in [1.54, 1.807) is 39.1 Å². The summed E-state index contributed by atoms with van der Waals surface area (Å²) in [7, 11) is -1.79. The van der Waals surface area contributed by atoms with Gasteiger partial charge in [-0.2, -0.15) is 9.57 Å². The van der Waals surface area contributed by atoms with E-state index < -0.39 is 20.9 Å². The number of sulfonamides is 1. The van der Waals surface area contributed by atoms with E-state index in [0.29, 0.717) is 17.7 Å². The molecule has 1 atom stereocenters. The van der Waals surface area contributed by atoms with E-state index in [9.17, 15) is 8.42 Å². The number of hydrogen-bond donors (Lipinski definition) is 0. The molecule has 0 radical (unpaired) electrons. The summed E-state index contributed by atoms with van der Waals surface area (Å²) < 4.78 is 32.4.